The minimum absolute atomic E-state index is 0.455. The number of likely N-dealkylation sites (N-methyl/N-ethyl adjacent to an activating group) is 1. The fourth-order valence-electron chi connectivity index (χ4n) is 1.18. The van der Waals surface area contributed by atoms with Crippen molar-refractivity contribution in [2.75, 3.05) is 32.0 Å². The first-order chi connectivity index (χ1) is 7.27. The van der Waals surface area contributed by atoms with Crippen LogP contribution in [0.15, 0.2) is 18.3 Å². The highest BCUT2D eigenvalue weighted by Gasteiger charge is 2.01. The van der Waals surface area contributed by atoms with E-state index in [1.165, 1.54) is 0 Å². The molecule has 1 aromatic rings. The van der Waals surface area contributed by atoms with E-state index in [0.29, 0.717) is 5.69 Å². The molecule has 4 heteroatoms. The van der Waals surface area contributed by atoms with Crippen LogP contribution in [0, 0.1) is 11.3 Å². The smallest absolute Gasteiger partial charge is 0.163 e. The highest BCUT2D eigenvalue weighted by molar-refractivity contribution is 5.53. The second-order valence-electron chi connectivity index (χ2n) is 3.33. The van der Waals surface area contributed by atoms with Crippen molar-refractivity contribution >= 4 is 5.69 Å². The second-order valence-corrected chi connectivity index (χ2v) is 3.33. The number of nitrogens with one attached hydrogen (secondary N) is 1. The third-order valence-electron chi connectivity index (χ3n) is 2.26. The van der Waals surface area contributed by atoms with Crippen molar-refractivity contribution in [1.29, 1.82) is 5.26 Å². The molecule has 1 heterocycles. The van der Waals surface area contributed by atoms with Crippen molar-refractivity contribution in [3.63, 3.8) is 0 Å². The average molecular weight is 204 g/mol. The van der Waals surface area contributed by atoms with Crippen LogP contribution in [-0.2, 0) is 0 Å². The molecule has 0 aliphatic heterocycles. The van der Waals surface area contributed by atoms with E-state index in [1.54, 1.807) is 6.20 Å². The first kappa shape index (κ1) is 11.5. The quantitative estimate of drug-likeness (QED) is 0.786. The lowest BCUT2D eigenvalue weighted by molar-refractivity contribution is 0.367. The van der Waals surface area contributed by atoms with Gasteiger partial charge in [-0.1, -0.05) is 6.92 Å². The molecule has 0 spiro atoms. The molecule has 0 radical (unpaired) electrons. The molecule has 1 rings (SSSR count). The Morgan fingerprint density at radius 2 is 2.40 bits per heavy atom. The Morgan fingerprint density at radius 3 is 3.07 bits per heavy atom. The Kier molecular flexibility index (Phi) is 4.58. The average Bonchev–Trinajstić information content (AvgIpc) is 2.29. The SMILES string of the molecule is CCN(C)CCNc1cccnc1C#N. The Morgan fingerprint density at radius 1 is 1.60 bits per heavy atom. The van der Waals surface area contributed by atoms with Crippen LogP contribution in [0.2, 0.25) is 0 Å². The monoisotopic (exact) mass is 204 g/mol. The van der Waals surface area contributed by atoms with E-state index in [4.69, 9.17) is 5.26 Å². The van der Waals surface area contributed by atoms with Gasteiger partial charge in [0.2, 0.25) is 0 Å². The van der Waals surface area contributed by atoms with Crippen LogP contribution >= 0.6 is 0 Å². The van der Waals surface area contributed by atoms with Crippen molar-refractivity contribution in [1.82, 2.24) is 9.88 Å². The van der Waals surface area contributed by atoms with Gasteiger partial charge in [0, 0.05) is 19.3 Å². The molecular formula is C11H16N4. The zero-order chi connectivity index (χ0) is 11.1. The molecule has 0 aromatic carbocycles. The Hall–Kier alpha value is -1.60. The summed E-state index contributed by atoms with van der Waals surface area (Å²) in [6, 6.07) is 5.76. The number of hydrogen-bond donors (Lipinski definition) is 1. The van der Waals surface area contributed by atoms with Gasteiger partial charge >= 0.3 is 0 Å². The zero-order valence-electron chi connectivity index (χ0n) is 9.20. The molecule has 80 valence electrons. The predicted molar refractivity (Wildman–Crippen MR) is 60.6 cm³/mol. The number of hydrogen-bond acceptors (Lipinski definition) is 4. The Balaban J connectivity index is 2.47. The lowest BCUT2D eigenvalue weighted by Gasteiger charge is -2.14. The topological polar surface area (TPSA) is 52.0 Å². The van der Waals surface area contributed by atoms with Crippen LogP contribution in [0.1, 0.15) is 12.6 Å². The van der Waals surface area contributed by atoms with Gasteiger partial charge in [0.15, 0.2) is 5.69 Å². The fraction of sp³-hybridized carbons (Fsp3) is 0.455. The molecule has 1 aromatic heterocycles. The molecule has 4 nitrogen and oxygen atoms in total. The van der Waals surface area contributed by atoms with E-state index < -0.39 is 0 Å². The fourth-order valence-corrected chi connectivity index (χ4v) is 1.18. The van der Waals surface area contributed by atoms with E-state index in [1.807, 2.05) is 12.1 Å². The number of anilines is 1. The van der Waals surface area contributed by atoms with E-state index in [2.05, 4.69) is 35.2 Å². The lowest BCUT2D eigenvalue weighted by atomic mass is 10.3. The van der Waals surface area contributed by atoms with Crippen LogP contribution < -0.4 is 5.32 Å². The van der Waals surface area contributed by atoms with Gasteiger partial charge in [0.1, 0.15) is 6.07 Å². The summed E-state index contributed by atoms with van der Waals surface area (Å²) >= 11 is 0. The van der Waals surface area contributed by atoms with E-state index in [0.717, 1.165) is 25.3 Å². The molecule has 0 unspecified atom stereocenters. The first-order valence-corrected chi connectivity index (χ1v) is 5.05. The summed E-state index contributed by atoms with van der Waals surface area (Å²) in [5, 5.41) is 12.0. The summed E-state index contributed by atoms with van der Waals surface area (Å²) in [4.78, 5) is 6.18. The van der Waals surface area contributed by atoms with Crippen molar-refractivity contribution < 1.29 is 0 Å². The van der Waals surface area contributed by atoms with Crippen molar-refractivity contribution in [2.24, 2.45) is 0 Å². The summed E-state index contributed by atoms with van der Waals surface area (Å²) in [6.45, 7) is 4.92. The van der Waals surface area contributed by atoms with Crippen LogP contribution in [-0.4, -0.2) is 36.6 Å². The maximum atomic E-state index is 8.81. The summed E-state index contributed by atoms with van der Waals surface area (Å²) in [7, 11) is 2.07. The van der Waals surface area contributed by atoms with Crippen molar-refractivity contribution in [2.45, 2.75) is 6.92 Å². The summed E-state index contributed by atoms with van der Waals surface area (Å²) in [5.74, 6) is 0. The molecule has 0 bridgehead atoms. The molecular weight excluding hydrogens is 188 g/mol. The van der Waals surface area contributed by atoms with Gasteiger partial charge < -0.3 is 10.2 Å². The number of pyridine rings is 1. The minimum atomic E-state index is 0.455. The molecule has 0 amide bonds. The normalized spacial score (nSPS) is 10.0. The third-order valence-corrected chi connectivity index (χ3v) is 2.26. The van der Waals surface area contributed by atoms with Gasteiger partial charge in [-0.15, -0.1) is 0 Å². The van der Waals surface area contributed by atoms with Crippen molar-refractivity contribution in [3.05, 3.63) is 24.0 Å². The third kappa shape index (κ3) is 3.56. The number of aromatic nitrogens is 1. The molecule has 15 heavy (non-hydrogen) atoms. The number of nitrogens with zero attached hydrogens (tertiary/aromatic N) is 3. The Labute approximate surface area is 90.5 Å². The lowest BCUT2D eigenvalue weighted by Crippen LogP contribution is -2.24. The molecule has 0 saturated heterocycles. The van der Waals surface area contributed by atoms with Crippen LogP contribution in [0.4, 0.5) is 5.69 Å². The van der Waals surface area contributed by atoms with Crippen LogP contribution in [0.3, 0.4) is 0 Å². The van der Waals surface area contributed by atoms with Gasteiger partial charge in [0.05, 0.1) is 5.69 Å². The largest absolute Gasteiger partial charge is 0.381 e. The summed E-state index contributed by atoms with van der Waals surface area (Å²) in [5.41, 5.74) is 1.26. The molecule has 0 saturated carbocycles. The molecule has 0 atom stereocenters. The second kappa shape index (κ2) is 5.99. The molecule has 0 aliphatic carbocycles. The van der Waals surface area contributed by atoms with Gasteiger partial charge in [-0.2, -0.15) is 5.26 Å². The van der Waals surface area contributed by atoms with Gasteiger partial charge in [0.25, 0.3) is 0 Å². The minimum Gasteiger partial charge on any atom is -0.381 e. The number of rotatable bonds is 5. The van der Waals surface area contributed by atoms with Gasteiger partial charge in [-0.3, -0.25) is 0 Å². The first-order valence-electron chi connectivity index (χ1n) is 5.05. The zero-order valence-corrected chi connectivity index (χ0v) is 9.20. The summed E-state index contributed by atoms with van der Waals surface area (Å²) in [6.07, 6.45) is 1.63. The van der Waals surface area contributed by atoms with Crippen LogP contribution in [0.25, 0.3) is 0 Å². The predicted octanol–water partition coefficient (Wildman–Crippen LogP) is 1.32. The van der Waals surface area contributed by atoms with E-state index >= 15 is 0 Å². The van der Waals surface area contributed by atoms with Gasteiger partial charge in [-0.25, -0.2) is 4.98 Å². The van der Waals surface area contributed by atoms with E-state index in [-0.39, 0.29) is 0 Å². The molecule has 0 fully saturated rings. The number of nitriles is 1. The molecule has 0 aliphatic rings. The van der Waals surface area contributed by atoms with E-state index in [9.17, 15) is 0 Å². The van der Waals surface area contributed by atoms with Gasteiger partial charge in [-0.05, 0) is 25.7 Å². The molecule has 1 N–H and O–H groups in total. The van der Waals surface area contributed by atoms with Crippen LogP contribution in [0.5, 0.6) is 0 Å². The highest BCUT2D eigenvalue weighted by Crippen LogP contribution is 2.09. The highest BCUT2D eigenvalue weighted by atomic mass is 15.1. The summed E-state index contributed by atoms with van der Waals surface area (Å²) < 4.78 is 0. The maximum absolute atomic E-state index is 8.81. The maximum Gasteiger partial charge on any atom is 0.163 e. The van der Waals surface area contributed by atoms with Crippen molar-refractivity contribution in [3.8, 4) is 6.07 Å². The standard InChI is InChI=1S/C11H16N4/c1-3-15(2)8-7-14-10-5-4-6-13-11(10)9-12/h4-6,14H,3,7-8H2,1-2H3. The Bertz CT molecular complexity index is 343.